The minimum atomic E-state index is -0.511. The number of anilines is 1. The molecule has 1 heterocycles. The van der Waals surface area contributed by atoms with Crippen LogP contribution < -0.4 is 10.5 Å². The van der Waals surface area contributed by atoms with E-state index in [1.54, 1.807) is 19.1 Å². The number of aromatic nitrogens is 2. The predicted molar refractivity (Wildman–Crippen MR) is 94.7 cm³/mol. The molecule has 0 aliphatic heterocycles. The number of benzene rings is 1. The van der Waals surface area contributed by atoms with Gasteiger partial charge in [0.25, 0.3) is 0 Å². The fourth-order valence-electron chi connectivity index (χ4n) is 1.76. The van der Waals surface area contributed by atoms with Gasteiger partial charge in [0.05, 0.1) is 13.2 Å². The quantitative estimate of drug-likeness (QED) is 0.331. The molecule has 0 atom stereocenters. The molecule has 0 bridgehead atoms. The summed E-state index contributed by atoms with van der Waals surface area (Å²) in [6, 6.07) is 7.22. The van der Waals surface area contributed by atoms with Crippen LogP contribution in [0, 0.1) is 0 Å². The summed E-state index contributed by atoms with van der Waals surface area (Å²) in [4.78, 5) is 19.9. The van der Waals surface area contributed by atoms with Gasteiger partial charge in [0, 0.05) is 17.0 Å². The normalized spacial score (nSPS) is 10.4. The summed E-state index contributed by atoms with van der Waals surface area (Å²) in [5.74, 6) is 1.17. The maximum Gasteiger partial charge on any atom is 0.343 e. The summed E-state index contributed by atoms with van der Waals surface area (Å²) in [7, 11) is 0. The zero-order valence-corrected chi connectivity index (χ0v) is 14.8. The largest absolute Gasteiger partial charge is 0.494 e. The van der Waals surface area contributed by atoms with Gasteiger partial charge in [0.15, 0.2) is 5.16 Å². The monoisotopic (exact) mass is 367 g/mol. The first-order valence-electron chi connectivity index (χ1n) is 7.41. The zero-order valence-electron chi connectivity index (χ0n) is 13.2. The number of nitrogen functional groups attached to an aromatic ring is 1. The molecular formula is C16H18ClN3O3S. The van der Waals surface area contributed by atoms with Crippen LogP contribution in [-0.4, -0.2) is 34.9 Å². The van der Waals surface area contributed by atoms with Crippen molar-refractivity contribution >= 4 is 35.1 Å². The van der Waals surface area contributed by atoms with Gasteiger partial charge in [-0.15, -0.1) is 0 Å². The Kier molecular flexibility index (Phi) is 7.14. The SMILES string of the molecule is CCOC(=O)c1cnc(SCCCOc2ccc(Cl)cc2)nc1N. The maximum atomic E-state index is 11.6. The van der Waals surface area contributed by atoms with Crippen LogP contribution in [0.5, 0.6) is 5.75 Å². The smallest absolute Gasteiger partial charge is 0.343 e. The summed E-state index contributed by atoms with van der Waals surface area (Å²) in [6.45, 7) is 2.58. The molecule has 0 saturated heterocycles. The highest BCUT2D eigenvalue weighted by Gasteiger charge is 2.13. The van der Waals surface area contributed by atoms with Crippen LogP contribution >= 0.6 is 23.4 Å². The highest BCUT2D eigenvalue weighted by molar-refractivity contribution is 7.99. The van der Waals surface area contributed by atoms with Gasteiger partial charge in [-0.3, -0.25) is 0 Å². The van der Waals surface area contributed by atoms with Crippen LogP contribution in [0.15, 0.2) is 35.6 Å². The highest BCUT2D eigenvalue weighted by atomic mass is 35.5. The Balaban J connectivity index is 1.75. The van der Waals surface area contributed by atoms with E-state index in [1.807, 2.05) is 12.1 Å². The van der Waals surface area contributed by atoms with E-state index in [4.69, 9.17) is 26.8 Å². The third kappa shape index (κ3) is 5.58. The predicted octanol–water partition coefficient (Wildman–Crippen LogP) is 3.45. The second kappa shape index (κ2) is 9.34. The number of nitrogens with two attached hydrogens (primary N) is 1. The molecule has 1 aromatic carbocycles. The van der Waals surface area contributed by atoms with E-state index in [9.17, 15) is 4.79 Å². The van der Waals surface area contributed by atoms with E-state index >= 15 is 0 Å². The summed E-state index contributed by atoms with van der Waals surface area (Å²) in [6.07, 6.45) is 2.21. The molecule has 0 spiro atoms. The van der Waals surface area contributed by atoms with Crippen molar-refractivity contribution in [1.29, 1.82) is 0 Å². The molecule has 128 valence electrons. The molecule has 1 aromatic heterocycles. The lowest BCUT2D eigenvalue weighted by Crippen LogP contribution is -2.10. The van der Waals surface area contributed by atoms with Crippen LogP contribution in [0.4, 0.5) is 5.82 Å². The Hall–Kier alpha value is -1.99. The zero-order chi connectivity index (χ0) is 17.4. The number of carbonyl (C=O) groups is 1. The van der Waals surface area contributed by atoms with E-state index in [0.29, 0.717) is 16.8 Å². The van der Waals surface area contributed by atoms with E-state index in [0.717, 1.165) is 17.9 Å². The van der Waals surface area contributed by atoms with Gasteiger partial charge in [-0.1, -0.05) is 23.4 Å². The number of hydrogen-bond acceptors (Lipinski definition) is 7. The summed E-state index contributed by atoms with van der Waals surface area (Å²) in [5.41, 5.74) is 5.96. The third-order valence-electron chi connectivity index (χ3n) is 2.89. The van der Waals surface area contributed by atoms with Crippen LogP contribution in [0.2, 0.25) is 5.02 Å². The number of ether oxygens (including phenoxy) is 2. The van der Waals surface area contributed by atoms with E-state index in [1.165, 1.54) is 18.0 Å². The van der Waals surface area contributed by atoms with Gasteiger partial charge < -0.3 is 15.2 Å². The molecule has 0 fully saturated rings. The van der Waals surface area contributed by atoms with Gasteiger partial charge in [-0.2, -0.15) is 0 Å². The Morgan fingerprint density at radius 1 is 1.33 bits per heavy atom. The van der Waals surface area contributed by atoms with Crippen molar-refractivity contribution in [2.75, 3.05) is 24.7 Å². The van der Waals surface area contributed by atoms with Crippen molar-refractivity contribution < 1.29 is 14.3 Å². The lowest BCUT2D eigenvalue weighted by atomic mass is 10.3. The lowest BCUT2D eigenvalue weighted by molar-refractivity contribution is 0.0526. The minimum absolute atomic E-state index is 0.128. The number of nitrogens with zero attached hydrogens (tertiary/aromatic N) is 2. The summed E-state index contributed by atoms with van der Waals surface area (Å²) < 4.78 is 10.5. The van der Waals surface area contributed by atoms with E-state index < -0.39 is 5.97 Å². The molecule has 2 rings (SSSR count). The summed E-state index contributed by atoms with van der Waals surface area (Å²) in [5, 5.41) is 1.20. The summed E-state index contributed by atoms with van der Waals surface area (Å²) >= 11 is 7.26. The molecule has 0 aliphatic rings. The van der Waals surface area contributed by atoms with Crippen molar-refractivity contribution in [2.45, 2.75) is 18.5 Å². The van der Waals surface area contributed by atoms with Crippen LogP contribution in [-0.2, 0) is 4.74 Å². The molecule has 0 amide bonds. The number of thioether (sulfide) groups is 1. The topological polar surface area (TPSA) is 87.3 Å². The van der Waals surface area contributed by atoms with Crippen molar-refractivity contribution in [3.63, 3.8) is 0 Å². The Labute approximate surface area is 149 Å². The molecule has 6 nitrogen and oxygen atoms in total. The number of halogens is 1. The first kappa shape index (κ1) is 18.4. The van der Waals surface area contributed by atoms with Gasteiger partial charge >= 0.3 is 5.97 Å². The van der Waals surface area contributed by atoms with E-state index in [-0.39, 0.29) is 18.0 Å². The van der Waals surface area contributed by atoms with Crippen molar-refractivity contribution in [1.82, 2.24) is 9.97 Å². The molecule has 2 aromatic rings. The Morgan fingerprint density at radius 2 is 2.08 bits per heavy atom. The molecular weight excluding hydrogens is 350 g/mol. The Morgan fingerprint density at radius 3 is 2.75 bits per heavy atom. The molecule has 2 N–H and O–H groups in total. The molecule has 0 aliphatic carbocycles. The average Bonchev–Trinajstić information content (AvgIpc) is 2.56. The van der Waals surface area contributed by atoms with E-state index in [2.05, 4.69) is 9.97 Å². The fourth-order valence-corrected chi connectivity index (χ4v) is 2.62. The molecule has 0 radical (unpaired) electrons. The van der Waals surface area contributed by atoms with Gasteiger partial charge in [0.2, 0.25) is 0 Å². The number of hydrogen-bond donors (Lipinski definition) is 1. The maximum absolute atomic E-state index is 11.6. The van der Waals surface area contributed by atoms with Crippen LogP contribution in [0.1, 0.15) is 23.7 Å². The third-order valence-corrected chi connectivity index (χ3v) is 4.09. The van der Waals surface area contributed by atoms with Gasteiger partial charge in [0.1, 0.15) is 17.1 Å². The second-order valence-electron chi connectivity index (χ2n) is 4.68. The molecule has 0 saturated carbocycles. The van der Waals surface area contributed by atoms with Crippen molar-refractivity contribution in [3.05, 3.63) is 41.0 Å². The van der Waals surface area contributed by atoms with Gasteiger partial charge in [-0.05, 0) is 37.6 Å². The molecule has 0 unspecified atom stereocenters. The highest BCUT2D eigenvalue weighted by Crippen LogP contribution is 2.19. The van der Waals surface area contributed by atoms with Crippen molar-refractivity contribution in [3.8, 4) is 5.75 Å². The second-order valence-corrected chi connectivity index (χ2v) is 6.17. The van der Waals surface area contributed by atoms with Gasteiger partial charge in [-0.25, -0.2) is 14.8 Å². The fraction of sp³-hybridized carbons (Fsp3) is 0.312. The average molecular weight is 368 g/mol. The first-order chi connectivity index (χ1) is 11.6. The Bertz CT molecular complexity index is 683. The lowest BCUT2D eigenvalue weighted by Gasteiger charge is -2.07. The number of rotatable bonds is 8. The molecule has 24 heavy (non-hydrogen) atoms. The molecule has 8 heteroatoms. The minimum Gasteiger partial charge on any atom is -0.494 e. The number of esters is 1. The van der Waals surface area contributed by atoms with Crippen molar-refractivity contribution in [2.24, 2.45) is 0 Å². The van der Waals surface area contributed by atoms with Crippen LogP contribution in [0.25, 0.3) is 0 Å². The first-order valence-corrected chi connectivity index (χ1v) is 8.77. The van der Waals surface area contributed by atoms with Crippen LogP contribution in [0.3, 0.4) is 0 Å². The standard InChI is InChI=1S/C16H18ClN3O3S/c1-2-22-15(21)13-10-19-16(20-14(13)18)24-9-3-8-23-12-6-4-11(17)5-7-12/h4-7,10H,2-3,8-9H2,1H3,(H2,18,19,20). The number of carbonyl (C=O) groups excluding carboxylic acids is 1.